The van der Waals surface area contributed by atoms with Crippen molar-refractivity contribution in [2.24, 2.45) is 0 Å². The predicted molar refractivity (Wildman–Crippen MR) is 134 cm³/mol. The maximum atomic E-state index is 13.2. The lowest BCUT2D eigenvalue weighted by Gasteiger charge is -2.38. The zero-order valence-corrected chi connectivity index (χ0v) is 21.0. The molecule has 2 aromatic carbocycles. The van der Waals surface area contributed by atoms with Crippen molar-refractivity contribution in [1.82, 2.24) is 0 Å². The molecular weight excluding hydrogens is 516 g/mol. The maximum Gasteiger partial charge on any atom is 0.229 e. The summed E-state index contributed by atoms with van der Waals surface area (Å²) in [4.78, 5) is 13.2. The fourth-order valence-electron chi connectivity index (χ4n) is 4.58. The largest absolute Gasteiger partial charge is 0.463 e. The van der Waals surface area contributed by atoms with Crippen molar-refractivity contribution in [3.63, 3.8) is 0 Å². The van der Waals surface area contributed by atoms with E-state index in [9.17, 15) is 35.4 Å². The molecule has 3 heterocycles. The van der Waals surface area contributed by atoms with Crippen molar-refractivity contribution in [3.05, 3.63) is 59.0 Å². The molecule has 2 aliphatic rings. The first kappa shape index (κ1) is 27.5. The first-order valence-electron chi connectivity index (χ1n) is 12.4. The lowest BCUT2D eigenvalue weighted by Crippen LogP contribution is -2.58. The van der Waals surface area contributed by atoms with Gasteiger partial charge in [-0.25, -0.2) is 0 Å². The third-order valence-electron chi connectivity index (χ3n) is 7.03. The van der Waals surface area contributed by atoms with Crippen molar-refractivity contribution in [3.8, 4) is 22.6 Å². The monoisotopic (exact) mass is 546 g/mol. The molecule has 1 aromatic heterocycles. The molecule has 0 saturated carbocycles. The minimum atomic E-state index is -1.48. The normalized spacial score (nSPS) is 35.1. The SMILES string of the molecule is CC1OC(Oc2ccc(-c3coc4cc(OC5OC(C)C(O)C(O)C5O)ccc4c3=O)cc2)C(O)C(O)C1O. The Morgan fingerprint density at radius 2 is 1.18 bits per heavy atom. The minimum absolute atomic E-state index is 0.221. The number of aliphatic hydroxyl groups excluding tert-OH is 6. The Bertz CT molecular complexity index is 1360. The van der Waals surface area contributed by atoms with Gasteiger partial charge >= 0.3 is 0 Å². The molecule has 2 fully saturated rings. The van der Waals surface area contributed by atoms with Crippen molar-refractivity contribution in [2.45, 2.75) is 75.3 Å². The van der Waals surface area contributed by atoms with E-state index in [-0.39, 0.29) is 27.7 Å². The molecule has 0 aliphatic carbocycles. The average molecular weight is 547 g/mol. The van der Waals surface area contributed by atoms with E-state index in [4.69, 9.17) is 23.4 Å². The number of fused-ring (bicyclic) bond motifs is 1. The number of hydrogen-bond acceptors (Lipinski definition) is 12. The summed E-state index contributed by atoms with van der Waals surface area (Å²) in [5, 5.41) is 60.2. The molecule has 12 heteroatoms. The highest BCUT2D eigenvalue weighted by molar-refractivity contribution is 5.82. The van der Waals surface area contributed by atoms with E-state index in [1.165, 1.54) is 24.5 Å². The second-order valence-electron chi connectivity index (χ2n) is 9.76. The van der Waals surface area contributed by atoms with Crippen LogP contribution in [0.15, 0.2) is 57.9 Å². The molecule has 0 bridgehead atoms. The first-order valence-corrected chi connectivity index (χ1v) is 12.4. The van der Waals surface area contributed by atoms with Gasteiger partial charge in [-0.3, -0.25) is 4.79 Å². The van der Waals surface area contributed by atoms with Gasteiger partial charge in [-0.05, 0) is 43.7 Å². The zero-order valence-electron chi connectivity index (χ0n) is 21.0. The van der Waals surface area contributed by atoms with Crippen molar-refractivity contribution in [1.29, 1.82) is 0 Å². The van der Waals surface area contributed by atoms with Crippen LogP contribution < -0.4 is 14.9 Å². The summed E-state index contributed by atoms with van der Waals surface area (Å²) < 4.78 is 27.9. The molecule has 10 atom stereocenters. The quantitative estimate of drug-likeness (QED) is 0.249. The summed E-state index contributed by atoms with van der Waals surface area (Å²) in [6, 6.07) is 10.8. The Kier molecular flexibility index (Phi) is 7.64. The molecule has 5 rings (SSSR count). The Morgan fingerprint density at radius 3 is 1.74 bits per heavy atom. The third kappa shape index (κ3) is 5.25. The van der Waals surface area contributed by atoms with Crippen LogP contribution in [0.4, 0.5) is 0 Å². The van der Waals surface area contributed by atoms with Gasteiger partial charge in [0.05, 0.1) is 23.2 Å². The Hall–Kier alpha value is -3.07. The van der Waals surface area contributed by atoms with Gasteiger partial charge in [-0.2, -0.15) is 0 Å². The Labute approximate surface area is 222 Å². The molecule has 39 heavy (non-hydrogen) atoms. The molecule has 3 aromatic rings. The van der Waals surface area contributed by atoms with Gasteiger partial charge < -0.3 is 54.0 Å². The van der Waals surface area contributed by atoms with E-state index >= 15 is 0 Å². The summed E-state index contributed by atoms with van der Waals surface area (Å²) in [6.07, 6.45) is -10.9. The van der Waals surface area contributed by atoms with E-state index in [2.05, 4.69) is 0 Å². The van der Waals surface area contributed by atoms with E-state index in [1.54, 1.807) is 38.1 Å². The van der Waals surface area contributed by atoms with Gasteiger partial charge in [0.25, 0.3) is 0 Å². The second kappa shape index (κ2) is 10.8. The molecular formula is C27H30O12. The van der Waals surface area contributed by atoms with Crippen LogP contribution in [0.1, 0.15) is 13.8 Å². The van der Waals surface area contributed by atoms with Gasteiger partial charge in [-0.1, -0.05) is 12.1 Å². The highest BCUT2D eigenvalue weighted by Gasteiger charge is 2.44. The third-order valence-corrected chi connectivity index (χ3v) is 7.03. The summed E-state index contributed by atoms with van der Waals surface area (Å²) in [5.41, 5.74) is 0.723. The van der Waals surface area contributed by atoms with Gasteiger partial charge in [-0.15, -0.1) is 0 Å². The van der Waals surface area contributed by atoms with Crippen LogP contribution in [0.2, 0.25) is 0 Å². The highest BCUT2D eigenvalue weighted by atomic mass is 16.7. The number of hydrogen-bond donors (Lipinski definition) is 6. The zero-order chi connectivity index (χ0) is 28.0. The molecule has 210 valence electrons. The average Bonchev–Trinajstić information content (AvgIpc) is 2.93. The molecule has 0 radical (unpaired) electrons. The second-order valence-corrected chi connectivity index (χ2v) is 9.76. The number of benzene rings is 2. The Morgan fingerprint density at radius 1 is 0.667 bits per heavy atom. The molecule has 0 amide bonds. The van der Waals surface area contributed by atoms with Crippen LogP contribution in [-0.4, -0.2) is 92.1 Å². The van der Waals surface area contributed by atoms with E-state index in [0.717, 1.165) is 0 Å². The number of aliphatic hydroxyl groups is 6. The lowest BCUT2D eigenvalue weighted by atomic mass is 10.00. The van der Waals surface area contributed by atoms with Gasteiger partial charge in [0.2, 0.25) is 12.6 Å². The minimum Gasteiger partial charge on any atom is -0.463 e. The highest BCUT2D eigenvalue weighted by Crippen LogP contribution is 2.29. The van der Waals surface area contributed by atoms with Crippen LogP contribution in [-0.2, 0) is 9.47 Å². The molecule has 2 aliphatic heterocycles. The predicted octanol–water partition coefficient (Wildman–Crippen LogP) is -0.127. The van der Waals surface area contributed by atoms with Gasteiger partial charge in [0.15, 0.2) is 5.43 Å². The van der Waals surface area contributed by atoms with E-state index < -0.39 is 61.4 Å². The van der Waals surface area contributed by atoms with Gasteiger partial charge in [0, 0.05) is 6.07 Å². The summed E-state index contributed by atoms with van der Waals surface area (Å²) >= 11 is 0. The Balaban J connectivity index is 1.32. The molecule has 0 spiro atoms. The summed E-state index contributed by atoms with van der Waals surface area (Å²) in [5.74, 6) is 0.531. The summed E-state index contributed by atoms with van der Waals surface area (Å²) in [6.45, 7) is 3.09. The van der Waals surface area contributed by atoms with Crippen LogP contribution in [0.3, 0.4) is 0 Å². The standard InChI is InChI=1S/C27H30O12/c1-11-19(28)22(31)24(33)26(36-11)38-14-5-3-13(4-6-14)17-10-35-18-9-15(7-8-16(18)21(17)30)39-27-25(34)23(32)20(29)12(2)37-27/h3-12,19-20,22-29,31-34H,1-2H3. The van der Waals surface area contributed by atoms with Gasteiger partial charge in [0.1, 0.15) is 60.0 Å². The molecule has 10 unspecified atom stereocenters. The number of ether oxygens (including phenoxy) is 4. The molecule has 12 nitrogen and oxygen atoms in total. The van der Waals surface area contributed by atoms with Crippen LogP contribution in [0.5, 0.6) is 11.5 Å². The van der Waals surface area contributed by atoms with E-state index in [1.807, 2.05) is 0 Å². The van der Waals surface area contributed by atoms with Crippen LogP contribution in [0.25, 0.3) is 22.1 Å². The van der Waals surface area contributed by atoms with Crippen LogP contribution >= 0.6 is 0 Å². The summed E-state index contributed by atoms with van der Waals surface area (Å²) in [7, 11) is 0. The van der Waals surface area contributed by atoms with E-state index in [0.29, 0.717) is 11.3 Å². The fraction of sp³-hybridized carbons (Fsp3) is 0.444. The topological polar surface area (TPSA) is 189 Å². The van der Waals surface area contributed by atoms with Crippen molar-refractivity contribution >= 4 is 11.0 Å². The maximum absolute atomic E-state index is 13.2. The number of rotatable bonds is 5. The fourth-order valence-corrected chi connectivity index (χ4v) is 4.58. The van der Waals surface area contributed by atoms with Crippen LogP contribution in [0, 0.1) is 0 Å². The lowest BCUT2D eigenvalue weighted by molar-refractivity contribution is -0.268. The van der Waals surface area contributed by atoms with Crippen molar-refractivity contribution < 1.29 is 54.0 Å². The molecule has 2 saturated heterocycles. The first-order chi connectivity index (χ1) is 18.5. The van der Waals surface area contributed by atoms with Crippen molar-refractivity contribution in [2.75, 3.05) is 0 Å². The molecule has 6 N–H and O–H groups in total. The smallest absolute Gasteiger partial charge is 0.229 e.